The Bertz CT molecular complexity index is 542. The molecule has 7 heteroatoms. The topological polar surface area (TPSA) is 64.7 Å². The molecule has 1 heterocycles. The molecule has 1 aromatic rings. The summed E-state index contributed by atoms with van der Waals surface area (Å²) in [5.41, 5.74) is 0.972. The van der Waals surface area contributed by atoms with E-state index in [1.807, 2.05) is 4.90 Å². The summed E-state index contributed by atoms with van der Waals surface area (Å²) >= 11 is 0. The lowest BCUT2D eigenvalue weighted by Crippen LogP contribution is -2.49. The summed E-state index contributed by atoms with van der Waals surface area (Å²) < 4.78 is 13.0. The fraction of sp³-hybridized carbons (Fsp3) is 0.529. The van der Waals surface area contributed by atoms with E-state index < -0.39 is 0 Å². The molecule has 0 bridgehead atoms. The van der Waals surface area contributed by atoms with Gasteiger partial charge in [-0.15, -0.1) is 0 Å². The van der Waals surface area contributed by atoms with Crippen molar-refractivity contribution >= 4 is 17.5 Å². The zero-order valence-corrected chi connectivity index (χ0v) is 14.1. The van der Waals surface area contributed by atoms with Crippen LogP contribution in [0, 0.1) is 5.82 Å². The minimum atomic E-state index is -0.246. The number of halogens is 1. The first-order chi connectivity index (χ1) is 11.6. The number of anilines is 1. The van der Waals surface area contributed by atoms with Crippen molar-refractivity contribution in [3.63, 3.8) is 0 Å². The lowest BCUT2D eigenvalue weighted by Gasteiger charge is -2.36. The second-order valence-electron chi connectivity index (χ2n) is 5.80. The molecule has 0 radical (unpaired) electrons. The largest absolute Gasteiger partial charge is 0.368 e. The summed E-state index contributed by atoms with van der Waals surface area (Å²) in [7, 11) is 1.79. The molecule has 24 heavy (non-hydrogen) atoms. The molecule has 0 spiro atoms. The van der Waals surface area contributed by atoms with Gasteiger partial charge in [-0.3, -0.25) is 9.59 Å². The molecule has 6 nitrogen and oxygen atoms in total. The number of carbonyl (C=O) groups is 2. The molecule has 1 aliphatic rings. The van der Waals surface area contributed by atoms with Crippen LogP contribution in [0.4, 0.5) is 10.1 Å². The number of carbonyl (C=O) groups excluding carboxylic acids is 2. The van der Waals surface area contributed by atoms with Gasteiger partial charge >= 0.3 is 0 Å². The first-order valence-corrected chi connectivity index (χ1v) is 8.29. The molecule has 132 valence electrons. The predicted molar refractivity (Wildman–Crippen MR) is 91.4 cm³/mol. The smallest absolute Gasteiger partial charge is 0.224 e. The summed E-state index contributed by atoms with van der Waals surface area (Å²) in [4.78, 5) is 27.6. The molecule has 2 N–H and O–H groups in total. The molecule has 0 aliphatic carbocycles. The Morgan fingerprint density at radius 1 is 1.04 bits per heavy atom. The molecule has 0 saturated carbocycles. The van der Waals surface area contributed by atoms with Gasteiger partial charge in [-0.2, -0.15) is 0 Å². The van der Waals surface area contributed by atoms with Crippen molar-refractivity contribution in [2.24, 2.45) is 0 Å². The normalized spacial score (nSPS) is 14.6. The zero-order chi connectivity index (χ0) is 17.4. The molecule has 0 atom stereocenters. The quantitative estimate of drug-likeness (QED) is 0.765. The molecule has 1 aromatic carbocycles. The van der Waals surface area contributed by atoms with Crippen LogP contribution in [0.5, 0.6) is 0 Å². The number of piperazine rings is 1. The Balaban J connectivity index is 1.69. The lowest BCUT2D eigenvalue weighted by molar-refractivity contribution is -0.131. The molecule has 2 rings (SSSR count). The molecular formula is C17H25FN4O2. The van der Waals surface area contributed by atoms with Crippen molar-refractivity contribution in [2.75, 3.05) is 51.2 Å². The number of amides is 2. The minimum Gasteiger partial charge on any atom is -0.368 e. The number of hydrogen-bond acceptors (Lipinski definition) is 4. The van der Waals surface area contributed by atoms with Crippen molar-refractivity contribution in [3.05, 3.63) is 30.1 Å². The van der Waals surface area contributed by atoms with Crippen LogP contribution in [0.25, 0.3) is 0 Å². The van der Waals surface area contributed by atoms with Crippen molar-refractivity contribution in [2.45, 2.75) is 12.8 Å². The van der Waals surface area contributed by atoms with Gasteiger partial charge in [-0.1, -0.05) is 0 Å². The third kappa shape index (κ3) is 5.49. The van der Waals surface area contributed by atoms with Gasteiger partial charge in [0.15, 0.2) is 0 Å². The van der Waals surface area contributed by atoms with E-state index in [4.69, 9.17) is 0 Å². The molecule has 0 aromatic heterocycles. The zero-order valence-electron chi connectivity index (χ0n) is 14.1. The van der Waals surface area contributed by atoms with Crippen LogP contribution in [0.1, 0.15) is 12.8 Å². The summed E-state index contributed by atoms with van der Waals surface area (Å²) in [5.74, 6) is -0.231. The lowest BCUT2D eigenvalue weighted by atomic mass is 10.2. The highest BCUT2D eigenvalue weighted by molar-refractivity contribution is 5.79. The second kappa shape index (κ2) is 9.22. The van der Waals surface area contributed by atoms with E-state index in [9.17, 15) is 14.0 Å². The van der Waals surface area contributed by atoms with Crippen LogP contribution >= 0.6 is 0 Å². The first-order valence-electron chi connectivity index (χ1n) is 8.29. The Morgan fingerprint density at radius 3 is 2.33 bits per heavy atom. The Hall–Kier alpha value is -2.15. The van der Waals surface area contributed by atoms with Gasteiger partial charge in [0.1, 0.15) is 5.82 Å². The predicted octanol–water partition coefficient (Wildman–Crippen LogP) is 0.590. The highest BCUT2D eigenvalue weighted by atomic mass is 19.1. The average Bonchev–Trinajstić information content (AvgIpc) is 2.60. The van der Waals surface area contributed by atoms with Crippen LogP contribution in [0.15, 0.2) is 24.3 Å². The van der Waals surface area contributed by atoms with Gasteiger partial charge in [0.2, 0.25) is 11.8 Å². The van der Waals surface area contributed by atoms with E-state index in [0.717, 1.165) is 18.8 Å². The van der Waals surface area contributed by atoms with Crippen LogP contribution in [0.2, 0.25) is 0 Å². The maximum atomic E-state index is 13.0. The minimum absolute atomic E-state index is 0.0433. The van der Waals surface area contributed by atoms with Gasteiger partial charge in [0.25, 0.3) is 0 Å². The van der Waals surface area contributed by atoms with E-state index in [1.165, 1.54) is 12.1 Å². The van der Waals surface area contributed by atoms with E-state index in [-0.39, 0.29) is 17.6 Å². The summed E-state index contributed by atoms with van der Waals surface area (Å²) in [6, 6.07) is 6.41. The number of rotatable bonds is 7. The van der Waals surface area contributed by atoms with Crippen LogP contribution in [-0.4, -0.2) is 63.0 Å². The fourth-order valence-electron chi connectivity index (χ4n) is 2.66. The molecule has 1 aliphatic heterocycles. The van der Waals surface area contributed by atoms with E-state index in [2.05, 4.69) is 15.5 Å². The van der Waals surface area contributed by atoms with E-state index in [1.54, 1.807) is 19.2 Å². The second-order valence-corrected chi connectivity index (χ2v) is 5.80. The van der Waals surface area contributed by atoms with Gasteiger partial charge in [-0.25, -0.2) is 4.39 Å². The monoisotopic (exact) mass is 336 g/mol. The highest BCUT2D eigenvalue weighted by Crippen LogP contribution is 2.17. The van der Waals surface area contributed by atoms with Gasteiger partial charge in [0.05, 0.1) is 0 Å². The Labute approximate surface area is 142 Å². The standard InChI is InChI=1S/C17H25FN4O2/c1-19-8-6-16(23)20-9-7-17(24)22-12-10-21(11-13-22)15-4-2-14(18)3-5-15/h2-5,19H,6-13H2,1H3,(H,20,23). The van der Waals surface area contributed by atoms with Crippen LogP contribution in [-0.2, 0) is 9.59 Å². The summed E-state index contributed by atoms with van der Waals surface area (Å²) in [5, 5.41) is 5.66. The Kier molecular flexibility index (Phi) is 6.99. The van der Waals surface area contributed by atoms with Crippen LogP contribution < -0.4 is 15.5 Å². The number of nitrogens with one attached hydrogen (secondary N) is 2. The summed E-state index contributed by atoms with van der Waals surface area (Å²) in [6.07, 6.45) is 0.739. The maximum absolute atomic E-state index is 13.0. The molecular weight excluding hydrogens is 311 g/mol. The molecule has 1 saturated heterocycles. The molecule has 0 unspecified atom stereocenters. The van der Waals surface area contributed by atoms with Gasteiger partial charge in [-0.05, 0) is 31.3 Å². The van der Waals surface area contributed by atoms with Crippen molar-refractivity contribution in [1.29, 1.82) is 0 Å². The van der Waals surface area contributed by atoms with Crippen molar-refractivity contribution in [1.82, 2.24) is 15.5 Å². The van der Waals surface area contributed by atoms with E-state index in [0.29, 0.717) is 39.0 Å². The SMILES string of the molecule is CNCCC(=O)NCCC(=O)N1CCN(c2ccc(F)cc2)CC1. The number of nitrogens with zero attached hydrogens (tertiary/aromatic N) is 2. The maximum Gasteiger partial charge on any atom is 0.224 e. The molecule has 2 amide bonds. The van der Waals surface area contributed by atoms with Gasteiger partial charge in [0, 0.05) is 57.8 Å². The van der Waals surface area contributed by atoms with E-state index >= 15 is 0 Å². The van der Waals surface area contributed by atoms with Gasteiger partial charge < -0.3 is 20.4 Å². The Morgan fingerprint density at radius 2 is 1.71 bits per heavy atom. The van der Waals surface area contributed by atoms with Crippen molar-refractivity contribution < 1.29 is 14.0 Å². The van der Waals surface area contributed by atoms with Crippen LogP contribution in [0.3, 0.4) is 0 Å². The third-order valence-electron chi connectivity index (χ3n) is 4.09. The summed E-state index contributed by atoms with van der Waals surface area (Å²) in [6.45, 7) is 3.75. The third-order valence-corrected chi connectivity index (χ3v) is 4.09. The van der Waals surface area contributed by atoms with Crippen molar-refractivity contribution in [3.8, 4) is 0 Å². The average molecular weight is 336 g/mol. The number of benzene rings is 1. The first kappa shape index (κ1) is 18.2. The highest BCUT2D eigenvalue weighted by Gasteiger charge is 2.21. The fourth-order valence-corrected chi connectivity index (χ4v) is 2.66. The molecule has 1 fully saturated rings. The number of hydrogen-bond donors (Lipinski definition) is 2.